The van der Waals surface area contributed by atoms with E-state index in [1.807, 2.05) is 43.3 Å². The first-order chi connectivity index (χ1) is 11.1. The number of benzene rings is 2. The Morgan fingerprint density at radius 1 is 1.17 bits per heavy atom. The molecule has 23 heavy (non-hydrogen) atoms. The van der Waals surface area contributed by atoms with Crippen LogP contribution in [0.2, 0.25) is 0 Å². The summed E-state index contributed by atoms with van der Waals surface area (Å²) in [6, 6.07) is 14.9. The minimum Gasteiger partial charge on any atom is -0.373 e. The Bertz CT molecular complexity index is 833. The van der Waals surface area contributed by atoms with Gasteiger partial charge in [0.05, 0.1) is 11.5 Å². The maximum Gasteiger partial charge on any atom is 0.292 e. The third-order valence-corrected chi connectivity index (χ3v) is 4.24. The molecular formula is C16H14N4O2S. The molecule has 0 fully saturated rings. The monoisotopic (exact) mass is 326 g/mol. The van der Waals surface area contributed by atoms with Gasteiger partial charge in [0.25, 0.3) is 5.69 Å². The average molecular weight is 326 g/mol. The molecule has 3 aromatic rings. The summed E-state index contributed by atoms with van der Waals surface area (Å²) in [5.41, 5.74) is 2.41. The van der Waals surface area contributed by atoms with Crippen LogP contribution in [0.5, 0.6) is 0 Å². The summed E-state index contributed by atoms with van der Waals surface area (Å²) < 4.78 is 0. The van der Waals surface area contributed by atoms with Crippen molar-refractivity contribution in [1.82, 2.24) is 10.2 Å². The van der Waals surface area contributed by atoms with Crippen LogP contribution in [0.25, 0.3) is 10.6 Å². The van der Waals surface area contributed by atoms with Gasteiger partial charge in [0, 0.05) is 11.6 Å². The lowest BCUT2D eigenvalue weighted by Crippen LogP contribution is -2.02. The van der Waals surface area contributed by atoms with Crippen LogP contribution in [0, 0.1) is 17.0 Å². The van der Waals surface area contributed by atoms with Crippen LogP contribution in [-0.4, -0.2) is 15.1 Å². The molecule has 0 bridgehead atoms. The van der Waals surface area contributed by atoms with Gasteiger partial charge in [-0.1, -0.05) is 47.7 Å². The van der Waals surface area contributed by atoms with E-state index in [2.05, 4.69) is 15.5 Å². The molecule has 6 nitrogen and oxygen atoms in total. The van der Waals surface area contributed by atoms with Crippen LogP contribution < -0.4 is 5.32 Å². The molecule has 1 heterocycles. The highest BCUT2D eigenvalue weighted by molar-refractivity contribution is 7.14. The molecule has 0 atom stereocenters. The number of nitro groups is 1. The van der Waals surface area contributed by atoms with Gasteiger partial charge in [-0.25, -0.2) is 0 Å². The topological polar surface area (TPSA) is 81.0 Å². The third kappa shape index (κ3) is 3.51. The summed E-state index contributed by atoms with van der Waals surface area (Å²) >= 11 is 1.47. The lowest BCUT2D eigenvalue weighted by atomic mass is 10.2. The van der Waals surface area contributed by atoms with Crippen LogP contribution in [0.1, 0.15) is 10.6 Å². The molecule has 116 valence electrons. The minimum absolute atomic E-state index is 0.0674. The van der Waals surface area contributed by atoms with Gasteiger partial charge in [0.2, 0.25) is 0 Å². The Labute approximate surface area is 137 Å². The number of aryl methyl sites for hydroxylation is 1. The molecular weight excluding hydrogens is 312 g/mol. The highest BCUT2D eigenvalue weighted by Crippen LogP contribution is 2.27. The zero-order valence-corrected chi connectivity index (χ0v) is 13.2. The smallest absolute Gasteiger partial charge is 0.292 e. The Morgan fingerprint density at radius 3 is 2.70 bits per heavy atom. The fraction of sp³-hybridized carbons (Fsp3) is 0.125. The molecule has 0 aliphatic heterocycles. The molecule has 2 aromatic carbocycles. The summed E-state index contributed by atoms with van der Waals surface area (Å²) in [5, 5.41) is 24.1. The van der Waals surface area contributed by atoms with Gasteiger partial charge in [-0.15, -0.1) is 10.2 Å². The van der Waals surface area contributed by atoms with Crippen molar-refractivity contribution in [3.63, 3.8) is 0 Å². The van der Waals surface area contributed by atoms with Crippen molar-refractivity contribution in [1.29, 1.82) is 0 Å². The fourth-order valence-electron chi connectivity index (χ4n) is 2.14. The predicted molar refractivity (Wildman–Crippen MR) is 90.5 cm³/mol. The molecule has 0 radical (unpaired) electrons. The Kier molecular flexibility index (Phi) is 4.29. The van der Waals surface area contributed by atoms with Crippen LogP contribution in [0.15, 0.2) is 48.5 Å². The first-order valence-electron chi connectivity index (χ1n) is 7.00. The van der Waals surface area contributed by atoms with E-state index in [9.17, 15) is 10.1 Å². The van der Waals surface area contributed by atoms with Crippen molar-refractivity contribution in [2.75, 3.05) is 5.32 Å². The van der Waals surface area contributed by atoms with E-state index in [1.54, 1.807) is 12.1 Å². The number of nitrogens with zero attached hydrogens (tertiary/aromatic N) is 3. The molecule has 1 N–H and O–H groups in total. The van der Waals surface area contributed by atoms with Gasteiger partial charge < -0.3 is 5.32 Å². The van der Waals surface area contributed by atoms with Crippen molar-refractivity contribution in [2.24, 2.45) is 0 Å². The van der Waals surface area contributed by atoms with Gasteiger partial charge in [-0.05, 0) is 18.6 Å². The molecule has 0 aliphatic rings. The lowest BCUT2D eigenvalue weighted by molar-refractivity contribution is -0.384. The molecule has 0 aliphatic carbocycles. The first kappa shape index (κ1) is 15.1. The Morgan fingerprint density at radius 2 is 1.96 bits per heavy atom. The fourth-order valence-corrected chi connectivity index (χ4v) is 2.92. The van der Waals surface area contributed by atoms with E-state index in [1.165, 1.54) is 11.3 Å². The van der Waals surface area contributed by atoms with Crippen molar-refractivity contribution in [3.8, 4) is 10.6 Å². The van der Waals surface area contributed by atoms with Gasteiger partial charge in [0.15, 0.2) is 0 Å². The zero-order chi connectivity index (χ0) is 16.2. The first-order valence-corrected chi connectivity index (χ1v) is 7.82. The summed E-state index contributed by atoms with van der Waals surface area (Å²) in [6.45, 7) is 2.22. The van der Waals surface area contributed by atoms with Crippen molar-refractivity contribution < 1.29 is 4.92 Å². The van der Waals surface area contributed by atoms with Crippen molar-refractivity contribution in [2.45, 2.75) is 13.5 Å². The van der Waals surface area contributed by atoms with E-state index in [4.69, 9.17) is 0 Å². The Hall–Kier alpha value is -2.80. The van der Waals surface area contributed by atoms with Crippen LogP contribution >= 0.6 is 11.3 Å². The maximum atomic E-state index is 11.1. The second-order valence-electron chi connectivity index (χ2n) is 5.00. The zero-order valence-electron chi connectivity index (χ0n) is 12.4. The lowest BCUT2D eigenvalue weighted by Gasteiger charge is -2.05. The number of aromatic nitrogens is 2. The number of hydrogen-bond acceptors (Lipinski definition) is 6. The van der Waals surface area contributed by atoms with Crippen LogP contribution in [0.3, 0.4) is 0 Å². The summed E-state index contributed by atoms with van der Waals surface area (Å²) in [7, 11) is 0. The quantitative estimate of drug-likeness (QED) is 0.565. The van der Waals surface area contributed by atoms with Gasteiger partial charge in [0.1, 0.15) is 15.7 Å². The van der Waals surface area contributed by atoms with Gasteiger partial charge >= 0.3 is 0 Å². The number of rotatable bonds is 5. The minimum atomic E-state index is -0.384. The normalized spacial score (nSPS) is 10.5. The average Bonchev–Trinajstić information content (AvgIpc) is 3.03. The van der Waals surface area contributed by atoms with Crippen molar-refractivity contribution >= 4 is 22.7 Å². The van der Waals surface area contributed by atoms with E-state index in [0.29, 0.717) is 12.2 Å². The molecule has 0 saturated carbocycles. The largest absolute Gasteiger partial charge is 0.373 e. The number of anilines is 1. The maximum absolute atomic E-state index is 11.1. The van der Waals surface area contributed by atoms with Gasteiger partial charge in [-0.2, -0.15) is 0 Å². The molecule has 0 saturated heterocycles. The Balaban J connectivity index is 1.75. The SMILES string of the molecule is Cc1ccc(NCc2nnc(-c3ccccc3)s2)c([N+](=O)[O-])c1. The second-order valence-corrected chi connectivity index (χ2v) is 6.06. The van der Waals surface area contributed by atoms with Crippen LogP contribution in [-0.2, 0) is 6.54 Å². The molecule has 0 amide bonds. The number of hydrogen-bond donors (Lipinski definition) is 1. The number of nitrogens with one attached hydrogen (secondary N) is 1. The predicted octanol–water partition coefficient (Wildman–Crippen LogP) is 4.03. The van der Waals surface area contributed by atoms with E-state index >= 15 is 0 Å². The highest BCUT2D eigenvalue weighted by atomic mass is 32.1. The molecule has 0 unspecified atom stereocenters. The third-order valence-electron chi connectivity index (χ3n) is 3.27. The van der Waals surface area contributed by atoms with E-state index in [-0.39, 0.29) is 10.6 Å². The van der Waals surface area contributed by atoms with E-state index in [0.717, 1.165) is 21.1 Å². The van der Waals surface area contributed by atoms with E-state index < -0.39 is 0 Å². The summed E-state index contributed by atoms with van der Waals surface area (Å²) in [4.78, 5) is 10.7. The van der Waals surface area contributed by atoms with Gasteiger partial charge in [-0.3, -0.25) is 10.1 Å². The molecule has 1 aromatic heterocycles. The summed E-state index contributed by atoms with van der Waals surface area (Å²) in [5.74, 6) is 0. The number of nitro benzene ring substituents is 1. The van der Waals surface area contributed by atoms with Crippen molar-refractivity contribution in [3.05, 3.63) is 69.2 Å². The summed E-state index contributed by atoms with van der Waals surface area (Å²) in [6.07, 6.45) is 0. The molecule has 7 heteroatoms. The second kappa shape index (κ2) is 6.53. The molecule has 3 rings (SSSR count). The highest BCUT2D eigenvalue weighted by Gasteiger charge is 2.14. The standard InChI is InChI=1S/C16H14N4O2S/c1-11-7-8-13(14(9-11)20(21)22)17-10-15-18-19-16(23-15)12-5-3-2-4-6-12/h2-9,17H,10H2,1H3. The van der Waals surface area contributed by atoms with Crippen LogP contribution in [0.4, 0.5) is 11.4 Å². The molecule has 0 spiro atoms.